The number of quaternary nitrogens is 1. The fourth-order valence-corrected chi connectivity index (χ4v) is 1.39. The van der Waals surface area contributed by atoms with Crippen molar-refractivity contribution in [3.8, 4) is 0 Å². The maximum Gasteiger partial charge on any atom is 0.411 e. The first-order chi connectivity index (χ1) is 9.35. The van der Waals surface area contributed by atoms with Crippen molar-refractivity contribution < 1.29 is 23.5 Å². The highest BCUT2D eigenvalue weighted by atomic mass is 16.6. The normalized spacial score (nSPS) is 11.0. The van der Waals surface area contributed by atoms with Gasteiger partial charge < -0.3 is 14.8 Å². The van der Waals surface area contributed by atoms with E-state index in [9.17, 15) is 9.59 Å². The number of ether oxygens (including phenoxy) is 2. The van der Waals surface area contributed by atoms with E-state index in [1.165, 1.54) is 0 Å². The zero-order chi connectivity index (χ0) is 15.4. The number of unbranched alkanes of at least 4 members (excludes halogenated alkanes) is 3. The van der Waals surface area contributed by atoms with Gasteiger partial charge in [0.05, 0.1) is 27.7 Å². The van der Waals surface area contributed by atoms with Crippen LogP contribution in [0.15, 0.2) is 0 Å². The van der Waals surface area contributed by atoms with Crippen molar-refractivity contribution in [3.63, 3.8) is 0 Å². The lowest BCUT2D eigenvalue weighted by molar-refractivity contribution is -0.887. The summed E-state index contributed by atoms with van der Waals surface area (Å²) in [6, 6.07) is 0. The van der Waals surface area contributed by atoms with Gasteiger partial charge in [-0.1, -0.05) is 26.2 Å². The highest BCUT2D eigenvalue weighted by molar-refractivity contribution is 5.69. The summed E-state index contributed by atoms with van der Waals surface area (Å²) in [5.74, 6) is -0.206. The van der Waals surface area contributed by atoms with Crippen LogP contribution in [0.1, 0.15) is 39.0 Å². The number of amides is 1. The lowest BCUT2D eigenvalue weighted by Gasteiger charge is -2.22. The second kappa shape index (κ2) is 10.5. The van der Waals surface area contributed by atoms with Crippen molar-refractivity contribution in [1.29, 1.82) is 0 Å². The molecule has 0 aliphatic heterocycles. The third kappa shape index (κ3) is 13.1. The third-order valence-corrected chi connectivity index (χ3v) is 2.45. The molecular formula is C14H29N2O4+. The Morgan fingerprint density at radius 2 is 1.75 bits per heavy atom. The second-order valence-corrected chi connectivity index (χ2v) is 5.81. The quantitative estimate of drug-likeness (QED) is 0.289. The summed E-state index contributed by atoms with van der Waals surface area (Å²) in [4.78, 5) is 22.6. The smallest absolute Gasteiger partial charge is 0.411 e. The maximum atomic E-state index is 11.3. The van der Waals surface area contributed by atoms with Crippen molar-refractivity contribution in [2.24, 2.45) is 0 Å². The minimum Gasteiger partial charge on any atom is -0.464 e. The molecule has 0 spiro atoms. The summed E-state index contributed by atoms with van der Waals surface area (Å²) in [5, 5.41) is 2.54. The van der Waals surface area contributed by atoms with Gasteiger partial charge in [-0.25, -0.2) is 4.79 Å². The van der Waals surface area contributed by atoms with E-state index in [0.29, 0.717) is 17.6 Å². The molecule has 0 unspecified atom stereocenters. The average molecular weight is 289 g/mol. The van der Waals surface area contributed by atoms with Crippen LogP contribution in [0.25, 0.3) is 0 Å². The first kappa shape index (κ1) is 18.7. The Hall–Kier alpha value is -1.30. The molecular weight excluding hydrogens is 260 g/mol. The first-order valence-corrected chi connectivity index (χ1v) is 7.22. The molecule has 20 heavy (non-hydrogen) atoms. The number of carbonyl (C=O) groups is 2. The molecule has 0 rings (SSSR count). The molecule has 0 aromatic rings. The van der Waals surface area contributed by atoms with Gasteiger partial charge in [-0.2, -0.15) is 0 Å². The van der Waals surface area contributed by atoms with E-state index < -0.39 is 6.09 Å². The summed E-state index contributed by atoms with van der Waals surface area (Å²) < 4.78 is 10.5. The van der Waals surface area contributed by atoms with Gasteiger partial charge >= 0.3 is 12.1 Å². The van der Waals surface area contributed by atoms with E-state index in [1.54, 1.807) is 0 Å². The van der Waals surface area contributed by atoms with Gasteiger partial charge in [0, 0.05) is 6.42 Å². The van der Waals surface area contributed by atoms with Crippen LogP contribution in [0.2, 0.25) is 0 Å². The van der Waals surface area contributed by atoms with Crippen LogP contribution in [-0.2, 0) is 14.3 Å². The van der Waals surface area contributed by atoms with Crippen molar-refractivity contribution in [3.05, 3.63) is 0 Å². The monoisotopic (exact) mass is 289 g/mol. The SMILES string of the molecule is CCCCCCC(=O)OCCNC(=O)OC[N+](C)(C)C. The average Bonchev–Trinajstić information content (AvgIpc) is 2.36. The summed E-state index contributed by atoms with van der Waals surface area (Å²) in [6.45, 7) is 2.88. The van der Waals surface area contributed by atoms with Gasteiger partial charge in [-0.15, -0.1) is 0 Å². The largest absolute Gasteiger partial charge is 0.464 e. The molecule has 0 heterocycles. The number of esters is 1. The molecule has 1 amide bonds. The Morgan fingerprint density at radius 3 is 2.35 bits per heavy atom. The molecule has 0 aliphatic carbocycles. The van der Waals surface area contributed by atoms with Crippen LogP contribution in [0.5, 0.6) is 0 Å². The number of hydrogen-bond acceptors (Lipinski definition) is 4. The molecule has 0 fully saturated rings. The molecule has 6 heteroatoms. The van der Waals surface area contributed by atoms with Crippen molar-refractivity contribution >= 4 is 12.1 Å². The van der Waals surface area contributed by atoms with E-state index in [4.69, 9.17) is 9.47 Å². The van der Waals surface area contributed by atoms with Crippen LogP contribution >= 0.6 is 0 Å². The molecule has 6 nitrogen and oxygen atoms in total. The van der Waals surface area contributed by atoms with Crippen LogP contribution in [0.4, 0.5) is 4.79 Å². The maximum absolute atomic E-state index is 11.3. The Labute approximate surface area is 122 Å². The lowest BCUT2D eigenvalue weighted by Crippen LogP contribution is -2.40. The molecule has 0 radical (unpaired) electrons. The van der Waals surface area contributed by atoms with E-state index in [1.807, 2.05) is 21.1 Å². The number of alkyl carbamates (subject to hydrolysis) is 1. The van der Waals surface area contributed by atoms with Gasteiger partial charge in [-0.3, -0.25) is 9.28 Å². The molecule has 0 saturated carbocycles. The van der Waals surface area contributed by atoms with Crippen LogP contribution in [0, 0.1) is 0 Å². The zero-order valence-electron chi connectivity index (χ0n) is 13.2. The molecule has 1 N–H and O–H groups in total. The highest BCUT2D eigenvalue weighted by Crippen LogP contribution is 2.03. The van der Waals surface area contributed by atoms with Crippen molar-refractivity contribution in [1.82, 2.24) is 5.32 Å². The minimum atomic E-state index is -0.489. The zero-order valence-corrected chi connectivity index (χ0v) is 13.2. The summed E-state index contributed by atoms with van der Waals surface area (Å²) >= 11 is 0. The summed E-state index contributed by atoms with van der Waals surface area (Å²) in [5.41, 5.74) is 0. The van der Waals surface area contributed by atoms with Crippen molar-refractivity contribution in [2.75, 3.05) is 41.0 Å². The third-order valence-electron chi connectivity index (χ3n) is 2.45. The number of nitrogens with one attached hydrogen (secondary N) is 1. The van der Waals surface area contributed by atoms with Gasteiger partial charge in [0.1, 0.15) is 6.61 Å². The molecule has 0 atom stereocenters. The van der Waals surface area contributed by atoms with Gasteiger partial charge in [-0.05, 0) is 6.42 Å². The van der Waals surface area contributed by atoms with E-state index >= 15 is 0 Å². The van der Waals surface area contributed by atoms with Gasteiger partial charge in [0.15, 0.2) is 0 Å². The first-order valence-electron chi connectivity index (χ1n) is 7.22. The van der Waals surface area contributed by atoms with Gasteiger partial charge in [0.2, 0.25) is 6.73 Å². The number of carbonyl (C=O) groups excluding carboxylic acids is 2. The molecule has 0 saturated heterocycles. The van der Waals surface area contributed by atoms with Gasteiger partial charge in [0.25, 0.3) is 0 Å². The summed E-state index contributed by atoms with van der Waals surface area (Å²) in [6.07, 6.45) is 4.18. The Kier molecular flexibility index (Phi) is 9.80. The Bertz CT molecular complexity index is 287. The fraction of sp³-hybridized carbons (Fsp3) is 0.857. The topological polar surface area (TPSA) is 64.6 Å². The predicted octanol–water partition coefficient (Wildman–Crippen LogP) is 1.89. The number of hydrogen-bond donors (Lipinski definition) is 1. The van der Waals surface area contributed by atoms with Crippen LogP contribution in [-0.4, -0.2) is 57.6 Å². The Morgan fingerprint density at radius 1 is 1.05 bits per heavy atom. The van der Waals surface area contributed by atoms with E-state index in [0.717, 1.165) is 25.7 Å². The predicted molar refractivity (Wildman–Crippen MR) is 77.1 cm³/mol. The molecule has 0 bridgehead atoms. The van der Waals surface area contributed by atoms with E-state index in [2.05, 4.69) is 12.2 Å². The number of rotatable bonds is 10. The Balaban J connectivity index is 3.46. The molecule has 0 aromatic heterocycles. The molecule has 0 aliphatic rings. The second-order valence-electron chi connectivity index (χ2n) is 5.81. The fourth-order valence-electron chi connectivity index (χ4n) is 1.39. The highest BCUT2D eigenvalue weighted by Gasteiger charge is 2.10. The minimum absolute atomic E-state index is 0.187. The van der Waals surface area contributed by atoms with Crippen LogP contribution < -0.4 is 5.32 Å². The van der Waals surface area contributed by atoms with Crippen LogP contribution in [0.3, 0.4) is 0 Å². The molecule has 0 aromatic carbocycles. The molecule has 118 valence electrons. The summed E-state index contributed by atoms with van der Waals surface area (Å²) in [7, 11) is 5.77. The standard InChI is InChI=1S/C14H28N2O4/c1-5-6-7-8-9-13(17)19-11-10-15-14(18)20-12-16(2,3)4/h5-12H2,1-4H3/p+1. The lowest BCUT2D eigenvalue weighted by atomic mass is 10.2. The van der Waals surface area contributed by atoms with Crippen molar-refractivity contribution in [2.45, 2.75) is 39.0 Å². The van der Waals surface area contributed by atoms with E-state index in [-0.39, 0.29) is 19.1 Å². The number of nitrogens with zero attached hydrogens (tertiary/aromatic N) is 1.